The summed E-state index contributed by atoms with van der Waals surface area (Å²) in [6.45, 7) is 5.39. The smallest absolute Gasteiger partial charge is 0.300 e. The number of furan rings is 1. The van der Waals surface area contributed by atoms with E-state index in [9.17, 15) is 17.6 Å². The molecule has 4 rings (SSSR count). The van der Waals surface area contributed by atoms with E-state index < -0.39 is 21.7 Å². The number of carbonyl (C=O) groups is 1. The van der Waals surface area contributed by atoms with Gasteiger partial charge in [-0.3, -0.25) is 4.79 Å². The average Bonchev–Trinajstić information content (AvgIpc) is 3.04. The van der Waals surface area contributed by atoms with E-state index in [2.05, 4.69) is 15.9 Å². The number of nitrogens with one attached hydrogen (secondary N) is 1. The van der Waals surface area contributed by atoms with Gasteiger partial charge in [0.05, 0.1) is 10.3 Å². The maximum atomic E-state index is 14.5. The lowest BCUT2D eigenvalue weighted by molar-refractivity contribution is 0.0956. The zero-order chi connectivity index (χ0) is 21.6. The summed E-state index contributed by atoms with van der Waals surface area (Å²) in [7, 11) is -4.15. The van der Waals surface area contributed by atoms with Crippen LogP contribution in [0.4, 0.5) is 10.1 Å². The third-order valence-electron chi connectivity index (χ3n) is 5.13. The molecule has 1 aliphatic heterocycles. The Morgan fingerprint density at radius 2 is 1.93 bits per heavy atom. The number of nitrogens with zero attached hydrogens (tertiary/aromatic N) is 1. The van der Waals surface area contributed by atoms with Gasteiger partial charge in [0.1, 0.15) is 11.4 Å². The van der Waals surface area contributed by atoms with Gasteiger partial charge in [0.25, 0.3) is 10.0 Å². The molecule has 0 radical (unpaired) electrons. The van der Waals surface area contributed by atoms with E-state index in [0.717, 1.165) is 24.0 Å². The van der Waals surface area contributed by atoms with Gasteiger partial charge in [0, 0.05) is 35.4 Å². The van der Waals surface area contributed by atoms with Crippen LogP contribution in [0.3, 0.4) is 0 Å². The fourth-order valence-corrected chi connectivity index (χ4v) is 5.08. The van der Waals surface area contributed by atoms with Gasteiger partial charge in [-0.1, -0.05) is 29.8 Å². The standard InChI is InChI=1S/C21H20BrFN2O4S/c1-12(2)15-8-13(22)4-5-20(15)30(27,28)24-21(26)19-11-16-17(23)9-14(10-18(16)29-19)25-6-3-7-25/h4-5,8-12H,3,6-7H2,1-2H3,(H,24,26). The second-order valence-electron chi connectivity index (χ2n) is 7.56. The number of benzene rings is 2. The van der Waals surface area contributed by atoms with Gasteiger partial charge in [-0.15, -0.1) is 0 Å². The molecule has 158 valence electrons. The predicted molar refractivity (Wildman–Crippen MR) is 116 cm³/mol. The van der Waals surface area contributed by atoms with Crippen LogP contribution in [0, 0.1) is 5.82 Å². The minimum absolute atomic E-state index is 0.0106. The summed E-state index contributed by atoms with van der Waals surface area (Å²) in [6, 6.07) is 9.02. The first-order chi connectivity index (χ1) is 14.2. The van der Waals surface area contributed by atoms with Crippen molar-refractivity contribution in [3.8, 4) is 0 Å². The highest BCUT2D eigenvalue weighted by Crippen LogP contribution is 2.31. The minimum atomic E-state index is -4.15. The molecule has 3 aromatic rings. The molecule has 0 atom stereocenters. The van der Waals surface area contributed by atoms with Crippen LogP contribution in [0.25, 0.3) is 11.0 Å². The van der Waals surface area contributed by atoms with Crippen molar-refractivity contribution in [2.45, 2.75) is 31.1 Å². The quantitative estimate of drug-likeness (QED) is 0.551. The third kappa shape index (κ3) is 3.83. The molecule has 6 nitrogen and oxygen atoms in total. The van der Waals surface area contributed by atoms with Crippen molar-refractivity contribution < 1.29 is 22.0 Å². The fraction of sp³-hybridized carbons (Fsp3) is 0.286. The summed E-state index contributed by atoms with van der Waals surface area (Å²) in [5.74, 6) is -1.82. The van der Waals surface area contributed by atoms with E-state index in [1.807, 2.05) is 23.5 Å². The Morgan fingerprint density at radius 3 is 2.57 bits per heavy atom. The molecule has 1 aromatic heterocycles. The first kappa shape index (κ1) is 20.9. The van der Waals surface area contributed by atoms with Crippen molar-refractivity contribution in [1.82, 2.24) is 4.72 Å². The average molecular weight is 495 g/mol. The fourth-order valence-electron chi connectivity index (χ4n) is 3.39. The number of carbonyl (C=O) groups excluding carboxylic acids is 1. The Balaban J connectivity index is 1.65. The van der Waals surface area contributed by atoms with Crippen LogP contribution >= 0.6 is 15.9 Å². The van der Waals surface area contributed by atoms with E-state index >= 15 is 0 Å². The number of hydrogen-bond donors (Lipinski definition) is 1. The molecule has 1 N–H and O–H groups in total. The molecular weight excluding hydrogens is 475 g/mol. The van der Waals surface area contributed by atoms with Crippen molar-refractivity contribution >= 4 is 48.5 Å². The first-order valence-electron chi connectivity index (χ1n) is 9.50. The Kier molecular flexibility index (Phi) is 5.36. The zero-order valence-electron chi connectivity index (χ0n) is 16.4. The summed E-state index contributed by atoms with van der Waals surface area (Å²) in [6.07, 6.45) is 1.04. The summed E-state index contributed by atoms with van der Waals surface area (Å²) in [5, 5.41) is 0.133. The molecule has 1 saturated heterocycles. The first-order valence-corrected chi connectivity index (χ1v) is 11.8. The molecule has 1 fully saturated rings. The lowest BCUT2D eigenvalue weighted by atomic mass is 10.0. The number of amides is 1. The Hall–Kier alpha value is -2.39. The number of sulfonamides is 1. The molecule has 1 aliphatic rings. The number of hydrogen-bond acceptors (Lipinski definition) is 5. The maximum absolute atomic E-state index is 14.5. The van der Waals surface area contributed by atoms with Crippen molar-refractivity contribution in [2.75, 3.05) is 18.0 Å². The second-order valence-corrected chi connectivity index (χ2v) is 10.1. The van der Waals surface area contributed by atoms with E-state index in [1.165, 1.54) is 18.2 Å². The highest BCUT2D eigenvalue weighted by atomic mass is 79.9. The SMILES string of the molecule is CC(C)c1cc(Br)ccc1S(=O)(=O)NC(=O)c1cc2c(F)cc(N3CCC3)cc2o1. The number of anilines is 1. The molecule has 0 unspecified atom stereocenters. The van der Waals surface area contributed by atoms with Crippen LogP contribution in [0.5, 0.6) is 0 Å². The Morgan fingerprint density at radius 1 is 1.20 bits per heavy atom. The molecule has 2 heterocycles. The van der Waals surface area contributed by atoms with Crippen LogP contribution < -0.4 is 9.62 Å². The van der Waals surface area contributed by atoms with Gasteiger partial charge in [0.15, 0.2) is 5.76 Å². The van der Waals surface area contributed by atoms with Crippen molar-refractivity contribution in [3.05, 3.63) is 58.0 Å². The highest BCUT2D eigenvalue weighted by Gasteiger charge is 2.26. The molecule has 0 bridgehead atoms. The summed E-state index contributed by atoms with van der Waals surface area (Å²) in [4.78, 5) is 14.6. The molecular formula is C21H20BrFN2O4S. The summed E-state index contributed by atoms with van der Waals surface area (Å²) < 4.78 is 48.5. The zero-order valence-corrected chi connectivity index (χ0v) is 18.8. The molecule has 9 heteroatoms. The molecule has 1 amide bonds. The third-order valence-corrected chi connectivity index (χ3v) is 7.03. The number of fused-ring (bicyclic) bond motifs is 1. The normalized spacial score (nSPS) is 14.2. The molecule has 0 spiro atoms. The Bertz CT molecular complexity index is 1250. The highest BCUT2D eigenvalue weighted by molar-refractivity contribution is 9.10. The van der Waals surface area contributed by atoms with E-state index in [0.29, 0.717) is 11.3 Å². The topological polar surface area (TPSA) is 79.6 Å². The van der Waals surface area contributed by atoms with Crippen LogP contribution in [0.2, 0.25) is 0 Å². The van der Waals surface area contributed by atoms with Crippen LogP contribution in [-0.4, -0.2) is 27.4 Å². The van der Waals surface area contributed by atoms with E-state index in [1.54, 1.807) is 18.2 Å². The predicted octanol–water partition coefficient (Wildman–Crippen LogP) is 4.79. The summed E-state index contributed by atoms with van der Waals surface area (Å²) >= 11 is 3.33. The minimum Gasteiger partial charge on any atom is -0.451 e. The van der Waals surface area contributed by atoms with Gasteiger partial charge in [-0.2, -0.15) is 0 Å². The van der Waals surface area contributed by atoms with Crippen LogP contribution in [0.1, 0.15) is 42.3 Å². The van der Waals surface area contributed by atoms with Crippen molar-refractivity contribution in [2.24, 2.45) is 0 Å². The molecule has 2 aromatic carbocycles. The molecule has 0 saturated carbocycles. The van der Waals surface area contributed by atoms with Gasteiger partial charge in [-0.25, -0.2) is 17.5 Å². The monoisotopic (exact) mass is 494 g/mol. The van der Waals surface area contributed by atoms with E-state index in [4.69, 9.17) is 4.42 Å². The van der Waals surface area contributed by atoms with Gasteiger partial charge >= 0.3 is 5.91 Å². The maximum Gasteiger partial charge on any atom is 0.300 e. The number of rotatable bonds is 5. The van der Waals surface area contributed by atoms with Gasteiger partial charge < -0.3 is 9.32 Å². The van der Waals surface area contributed by atoms with E-state index in [-0.39, 0.29) is 27.5 Å². The largest absolute Gasteiger partial charge is 0.451 e. The van der Waals surface area contributed by atoms with Crippen LogP contribution in [0.15, 0.2) is 50.2 Å². The lowest BCUT2D eigenvalue weighted by Crippen LogP contribution is -2.36. The van der Waals surface area contributed by atoms with Gasteiger partial charge in [0.2, 0.25) is 0 Å². The Labute approximate surface area is 182 Å². The van der Waals surface area contributed by atoms with Gasteiger partial charge in [-0.05, 0) is 42.2 Å². The summed E-state index contributed by atoms with van der Waals surface area (Å²) in [5.41, 5.74) is 1.45. The lowest BCUT2D eigenvalue weighted by Gasteiger charge is -2.33. The van der Waals surface area contributed by atoms with Crippen molar-refractivity contribution in [3.63, 3.8) is 0 Å². The van der Waals surface area contributed by atoms with Crippen molar-refractivity contribution in [1.29, 1.82) is 0 Å². The number of halogens is 2. The second kappa shape index (κ2) is 7.70. The molecule has 30 heavy (non-hydrogen) atoms. The molecule has 0 aliphatic carbocycles. The van der Waals surface area contributed by atoms with Crippen LogP contribution in [-0.2, 0) is 10.0 Å².